The van der Waals surface area contributed by atoms with E-state index in [-0.39, 0.29) is 0 Å². The van der Waals surface area contributed by atoms with Crippen molar-refractivity contribution in [2.24, 2.45) is 0 Å². The molecule has 0 saturated heterocycles. The normalized spacial score (nSPS) is 11.0. The average Bonchev–Trinajstić information content (AvgIpc) is 2.64. The van der Waals surface area contributed by atoms with Crippen molar-refractivity contribution < 1.29 is 4.42 Å². The second-order valence-electron chi connectivity index (χ2n) is 4.23. The Morgan fingerprint density at radius 1 is 1.29 bits per heavy atom. The molecule has 0 unspecified atom stereocenters. The zero-order valence-corrected chi connectivity index (χ0v) is 10.2. The maximum atomic E-state index is 5.65. The van der Waals surface area contributed by atoms with Crippen LogP contribution in [0.3, 0.4) is 0 Å². The summed E-state index contributed by atoms with van der Waals surface area (Å²) in [6.45, 7) is 3.59. The molecule has 90 valence electrons. The lowest BCUT2D eigenvalue weighted by molar-refractivity contribution is 0.312. The van der Waals surface area contributed by atoms with Gasteiger partial charge >= 0.3 is 0 Å². The Morgan fingerprint density at radius 3 is 2.76 bits per heavy atom. The lowest BCUT2D eigenvalue weighted by Crippen LogP contribution is -2.18. The van der Waals surface area contributed by atoms with E-state index in [1.807, 2.05) is 25.1 Å². The fourth-order valence-electron chi connectivity index (χ4n) is 1.78. The van der Waals surface area contributed by atoms with Crippen LogP contribution in [0.1, 0.15) is 17.0 Å². The van der Waals surface area contributed by atoms with E-state index in [0.29, 0.717) is 5.82 Å². The Kier molecular flexibility index (Phi) is 3.44. The van der Waals surface area contributed by atoms with Crippen LogP contribution in [0.2, 0.25) is 0 Å². The van der Waals surface area contributed by atoms with Gasteiger partial charge < -0.3 is 10.2 Å². The maximum Gasteiger partial charge on any atom is 0.123 e. The molecule has 0 aromatic carbocycles. The summed E-state index contributed by atoms with van der Waals surface area (Å²) >= 11 is 0. The van der Waals surface area contributed by atoms with Crippen LogP contribution in [-0.4, -0.2) is 16.9 Å². The van der Waals surface area contributed by atoms with E-state index in [4.69, 9.17) is 10.2 Å². The monoisotopic (exact) mass is 231 g/mol. The van der Waals surface area contributed by atoms with Crippen LogP contribution < -0.4 is 5.73 Å². The van der Waals surface area contributed by atoms with Crippen molar-refractivity contribution in [3.8, 4) is 0 Å². The summed E-state index contributed by atoms with van der Waals surface area (Å²) in [4.78, 5) is 6.46. The summed E-state index contributed by atoms with van der Waals surface area (Å²) in [5.41, 5.74) is 7.84. The number of rotatable bonds is 4. The molecule has 2 N–H and O–H groups in total. The Labute approximate surface area is 101 Å². The SMILES string of the molecule is Cc1occc1CN(C)Cc1cccc(N)n1. The summed E-state index contributed by atoms with van der Waals surface area (Å²) in [6, 6.07) is 7.70. The van der Waals surface area contributed by atoms with Gasteiger partial charge in [0.1, 0.15) is 11.6 Å². The topological polar surface area (TPSA) is 55.3 Å². The molecule has 0 fully saturated rings. The highest BCUT2D eigenvalue weighted by Crippen LogP contribution is 2.12. The van der Waals surface area contributed by atoms with Crippen molar-refractivity contribution in [1.29, 1.82) is 0 Å². The van der Waals surface area contributed by atoms with Crippen LogP contribution in [0.15, 0.2) is 34.9 Å². The lowest BCUT2D eigenvalue weighted by Gasteiger charge is -2.15. The molecule has 4 nitrogen and oxygen atoms in total. The molecule has 17 heavy (non-hydrogen) atoms. The van der Waals surface area contributed by atoms with Gasteiger partial charge in [-0.2, -0.15) is 0 Å². The third-order valence-electron chi connectivity index (χ3n) is 2.67. The largest absolute Gasteiger partial charge is 0.469 e. The molecule has 0 radical (unpaired) electrons. The molecule has 0 amide bonds. The summed E-state index contributed by atoms with van der Waals surface area (Å²) in [5.74, 6) is 1.53. The molecule has 4 heteroatoms. The van der Waals surface area contributed by atoms with Crippen LogP contribution in [-0.2, 0) is 13.1 Å². The number of aryl methyl sites for hydroxylation is 1. The van der Waals surface area contributed by atoms with E-state index in [2.05, 4.69) is 16.9 Å². The summed E-state index contributed by atoms with van der Waals surface area (Å²) < 4.78 is 5.27. The van der Waals surface area contributed by atoms with Crippen LogP contribution in [0.4, 0.5) is 5.82 Å². The number of nitrogen functional groups attached to an aromatic ring is 1. The Morgan fingerprint density at radius 2 is 2.12 bits per heavy atom. The first-order valence-electron chi connectivity index (χ1n) is 5.58. The molecule has 0 saturated carbocycles. The van der Waals surface area contributed by atoms with Crippen LogP contribution >= 0.6 is 0 Å². The molecule has 0 aliphatic carbocycles. The van der Waals surface area contributed by atoms with Gasteiger partial charge in [0.15, 0.2) is 0 Å². The van der Waals surface area contributed by atoms with Gasteiger partial charge in [0, 0.05) is 18.7 Å². The van der Waals surface area contributed by atoms with Gasteiger partial charge in [0.25, 0.3) is 0 Å². The van der Waals surface area contributed by atoms with Crippen LogP contribution in [0.25, 0.3) is 0 Å². The number of pyridine rings is 1. The molecule has 2 aromatic heterocycles. The summed E-state index contributed by atoms with van der Waals surface area (Å²) in [6.07, 6.45) is 1.72. The minimum absolute atomic E-state index is 0.565. The first-order chi connectivity index (χ1) is 8.15. The lowest BCUT2D eigenvalue weighted by atomic mass is 10.2. The number of hydrogen-bond acceptors (Lipinski definition) is 4. The number of hydrogen-bond donors (Lipinski definition) is 1. The second kappa shape index (κ2) is 5.01. The minimum Gasteiger partial charge on any atom is -0.469 e. The molecule has 0 aliphatic heterocycles. The highest BCUT2D eigenvalue weighted by Gasteiger charge is 2.06. The number of furan rings is 1. The van der Waals surface area contributed by atoms with Gasteiger partial charge in [0.05, 0.1) is 12.0 Å². The average molecular weight is 231 g/mol. The molecule has 0 atom stereocenters. The maximum absolute atomic E-state index is 5.65. The van der Waals surface area contributed by atoms with Gasteiger partial charge in [0.2, 0.25) is 0 Å². The van der Waals surface area contributed by atoms with Gasteiger partial charge in [-0.05, 0) is 32.2 Å². The molecular formula is C13H17N3O. The van der Waals surface area contributed by atoms with Crippen LogP contribution in [0, 0.1) is 6.92 Å². The molecule has 0 bridgehead atoms. The van der Waals surface area contributed by atoms with E-state index in [0.717, 1.165) is 24.5 Å². The highest BCUT2D eigenvalue weighted by molar-refractivity contribution is 5.28. The predicted octanol–water partition coefficient (Wildman–Crippen LogP) is 2.20. The van der Waals surface area contributed by atoms with Gasteiger partial charge in [-0.25, -0.2) is 4.98 Å². The van der Waals surface area contributed by atoms with Crippen molar-refractivity contribution >= 4 is 5.82 Å². The van der Waals surface area contributed by atoms with Gasteiger partial charge in [-0.1, -0.05) is 6.07 Å². The van der Waals surface area contributed by atoms with Crippen molar-refractivity contribution in [2.45, 2.75) is 20.0 Å². The number of aromatic nitrogens is 1. The molecular weight excluding hydrogens is 214 g/mol. The molecule has 2 aromatic rings. The van der Waals surface area contributed by atoms with E-state index >= 15 is 0 Å². The zero-order valence-electron chi connectivity index (χ0n) is 10.2. The zero-order chi connectivity index (χ0) is 12.3. The smallest absolute Gasteiger partial charge is 0.123 e. The number of nitrogens with two attached hydrogens (primary N) is 1. The first-order valence-corrected chi connectivity index (χ1v) is 5.58. The van der Waals surface area contributed by atoms with Crippen LogP contribution in [0.5, 0.6) is 0 Å². The van der Waals surface area contributed by atoms with E-state index in [9.17, 15) is 0 Å². The van der Waals surface area contributed by atoms with Crippen molar-refractivity contribution in [3.63, 3.8) is 0 Å². The highest BCUT2D eigenvalue weighted by atomic mass is 16.3. The number of anilines is 1. The Bertz CT molecular complexity index is 493. The van der Waals surface area contributed by atoms with Gasteiger partial charge in [-0.15, -0.1) is 0 Å². The number of nitrogens with zero attached hydrogens (tertiary/aromatic N) is 2. The van der Waals surface area contributed by atoms with E-state index < -0.39 is 0 Å². The molecule has 2 heterocycles. The quantitative estimate of drug-likeness (QED) is 0.876. The van der Waals surface area contributed by atoms with Crippen molar-refractivity contribution in [2.75, 3.05) is 12.8 Å². The summed E-state index contributed by atoms with van der Waals surface area (Å²) in [7, 11) is 2.05. The fraction of sp³-hybridized carbons (Fsp3) is 0.308. The molecule has 2 rings (SSSR count). The van der Waals surface area contributed by atoms with Gasteiger partial charge in [-0.3, -0.25) is 4.90 Å². The minimum atomic E-state index is 0.565. The third-order valence-corrected chi connectivity index (χ3v) is 2.67. The van der Waals surface area contributed by atoms with E-state index in [1.54, 1.807) is 12.3 Å². The summed E-state index contributed by atoms with van der Waals surface area (Å²) in [5, 5.41) is 0. The molecule has 0 aliphatic rings. The molecule has 0 spiro atoms. The first kappa shape index (κ1) is 11.7. The standard InChI is InChI=1S/C13H17N3O/c1-10-11(6-7-17-10)8-16(2)9-12-4-3-5-13(14)15-12/h3-7H,8-9H2,1-2H3,(H2,14,15). The third kappa shape index (κ3) is 3.07. The van der Waals surface area contributed by atoms with Crippen molar-refractivity contribution in [1.82, 2.24) is 9.88 Å². The van der Waals surface area contributed by atoms with E-state index in [1.165, 1.54) is 5.56 Å². The predicted molar refractivity (Wildman–Crippen MR) is 67.3 cm³/mol. The van der Waals surface area contributed by atoms with Crippen molar-refractivity contribution in [3.05, 3.63) is 47.5 Å². The Hall–Kier alpha value is -1.81. The Balaban J connectivity index is 1.98. The fourth-order valence-corrected chi connectivity index (χ4v) is 1.78. The second-order valence-corrected chi connectivity index (χ2v) is 4.23.